The van der Waals surface area contributed by atoms with Crippen LogP contribution in [0.25, 0.3) is 5.65 Å². The first-order valence-corrected chi connectivity index (χ1v) is 6.07. The molecule has 0 unspecified atom stereocenters. The van der Waals surface area contributed by atoms with E-state index >= 15 is 0 Å². The fourth-order valence-corrected chi connectivity index (χ4v) is 2.54. The van der Waals surface area contributed by atoms with Gasteiger partial charge in [-0.05, 0) is 12.1 Å². The molecule has 0 bridgehead atoms. The maximum absolute atomic E-state index is 13.6. The van der Waals surface area contributed by atoms with Crippen molar-refractivity contribution in [1.82, 2.24) is 14.4 Å². The van der Waals surface area contributed by atoms with Gasteiger partial charge >= 0.3 is 0 Å². The fraction of sp³-hybridized carbons (Fsp3) is 0. The van der Waals surface area contributed by atoms with Gasteiger partial charge in [-0.3, -0.25) is 0 Å². The number of rotatable bonds is 2. The van der Waals surface area contributed by atoms with Crippen molar-refractivity contribution in [2.45, 2.75) is 9.92 Å². The summed E-state index contributed by atoms with van der Waals surface area (Å²) >= 11 is 1.21. The Morgan fingerprint density at radius 2 is 2.11 bits per heavy atom. The van der Waals surface area contributed by atoms with Gasteiger partial charge in [-0.15, -0.1) is 0 Å². The summed E-state index contributed by atoms with van der Waals surface area (Å²) < 4.78 is 15.4. The number of aromatic nitrogens is 3. The van der Waals surface area contributed by atoms with Crippen molar-refractivity contribution in [3.8, 4) is 0 Å². The number of fused-ring (bicyclic) bond motifs is 1. The highest BCUT2D eigenvalue weighted by Gasteiger charge is 2.10. The van der Waals surface area contributed by atoms with Gasteiger partial charge in [0.25, 0.3) is 0 Å². The third-order valence-corrected chi connectivity index (χ3v) is 3.42. The van der Waals surface area contributed by atoms with Crippen molar-refractivity contribution in [2.75, 3.05) is 5.73 Å². The maximum atomic E-state index is 13.6. The molecular formula is C12H9FN4S. The second kappa shape index (κ2) is 4.30. The van der Waals surface area contributed by atoms with E-state index in [1.807, 2.05) is 0 Å². The molecule has 2 aromatic heterocycles. The van der Waals surface area contributed by atoms with E-state index in [-0.39, 0.29) is 5.82 Å². The molecule has 90 valence electrons. The van der Waals surface area contributed by atoms with E-state index in [1.165, 1.54) is 17.8 Å². The summed E-state index contributed by atoms with van der Waals surface area (Å²) in [7, 11) is 0. The van der Waals surface area contributed by atoms with Crippen LogP contribution < -0.4 is 5.73 Å². The maximum Gasteiger partial charge on any atom is 0.170 e. The number of benzene rings is 1. The number of imidazole rings is 1. The van der Waals surface area contributed by atoms with Gasteiger partial charge in [0.15, 0.2) is 5.65 Å². The predicted molar refractivity (Wildman–Crippen MR) is 67.9 cm³/mol. The zero-order valence-corrected chi connectivity index (χ0v) is 10.1. The van der Waals surface area contributed by atoms with Crippen molar-refractivity contribution in [3.63, 3.8) is 0 Å². The van der Waals surface area contributed by atoms with Gasteiger partial charge in [-0.2, -0.15) is 0 Å². The molecule has 0 amide bonds. The number of nitrogens with two attached hydrogens (primary N) is 1. The Hall–Kier alpha value is -2.08. The third-order valence-electron chi connectivity index (χ3n) is 2.41. The minimum atomic E-state index is -0.281. The number of nitrogen functional groups attached to an aromatic ring is 1. The molecular weight excluding hydrogens is 251 g/mol. The summed E-state index contributed by atoms with van der Waals surface area (Å²) in [4.78, 5) is 8.89. The minimum absolute atomic E-state index is 0.281. The molecule has 18 heavy (non-hydrogen) atoms. The van der Waals surface area contributed by atoms with E-state index in [4.69, 9.17) is 5.73 Å². The van der Waals surface area contributed by atoms with Crippen molar-refractivity contribution in [1.29, 1.82) is 0 Å². The van der Waals surface area contributed by atoms with Gasteiger partial charge in [-0.1, -0.05) is 23.9 Å². The van der Waals surface area contributed by atoms with Crippen molar-refractivity contribution in [2.24, 2.45) is 0 Å². The van der Waals surface area contributed by atoms with Crippen LogP contribution in [-0.2, 0) is 0 Å². The molecule has 0 aliphatic rings. The van der Waals surface area contributed by atoms with Gasteiger partial charge in [0.1, 0.15) is 16.7 Å². The van der Waals surface area contributed by atoms with Crippen LogP contribution in [0.3, 0.4) is 0 Å². The molecule has 0 saturated carbocycles. The van der Waals surface area contributed by atoms with E-state index in [2.05, 4.69) is 9.97 Å². The molecule has 6 heteroatoms. The molecule has 3 aromatic rings. The van der Waals surface area contributed by atoms with Gasteiger partial charge in [0.2, 0.25) is 0 Å². The summed E-state index contributed by atoms with van der Waals surface area (Å²) in [5.74, 6) is 0.0933. The van der Waals surface area contributed by atoms with Crippen LogP contribution in [0.5, 0.6) is 0 Å². The fourth-order valence-electron chi connectivity index (χ4n) is 1.62. The molecule has 0 fully saturated rings. The molecule has 4 nitrogen and oxygen atoms in total. The quantitative estimate of drug-likeness (QED) is 0.769. The lowest BCUT2D eigenvalue weighted by atomic mass is 10.3. The highest BCUT2D eigenvalue weighted by molar-refractivity contribution is 7.99. The Labute approximate surface area is 107 Å². The molecule has 0 aliphatic heterocycles. The van der Waals surface area contributed by atoms with Gasteiger partial charge in [0.05, 0.1) is 6.20 Å². The van der Waals surface area contributed by atoms with E-state index in [9.17, 15) is 4.39 Å². The lowest BCUT2D eigenvalue weighted by Gasteiger charge is -2.05. The molecule has 0 spiro atoms. The van der Waals surface area contributed by atoms with Crippen molar-refractivity contribution < 1.29 is 4.39 Å². The normalized spacial score (nSPS) is 10.9. The van der Waals surface area contributed by atoms with Crippen LogP contribution in [-0.4, -0.2) is 14.4 Å². The largest absolute Gasteiger partial charge is 0.382 e. The van der Waals surface area contributed by atoms with E-state index in [0.717, 1.165) is 0 Å². The Morgan fingerprint density at radius 1 is 1.28 bits per heavy atom. The Kier molecular flexibility index (Phi) is 2.64. The van der Waals surface area contributed by atoms with Crippen LogP contribution in [0.1, 0.15) is 0 Å². The average molecular weight is 260 g/mol. The molecule has 2 N–H and O–H groups in total. The summed E-state index contributed by atoms with van der Waals surface area (Å²) in [5, 5.41) is 0.588. The van der Waals surface area contributed by atoms with Crippen molar-refractivity contribution >= 4 is 23.2 Å². The van der Waals surface area contributed by atoms with Gasteiger partial charge in [0, 0.05) is 17.3 Å². The van der Waals surface area contributed by atoms with Gasteiger partial charge in [-0.25, -0.2) is 14.4 Å². The molecule has 2 heterocycles. The number of nitrogens with zero attached hydrogens (tertiary/aromatic N) is 3. The summed E-state index contributed by atoms with van der Waals surface area (Å²) in [5.41, 5.74) is 6.37. The minimum Gasteiger partial charge on any atom is -0.382 e. The van der Waals surface area contributed by atoms with E-state index in [0.29, 0.717) is 21.4 Å². The molecule has 3 rings (SSSR count). The van der Waals surface area contributed by atoms with E-state index < -0.39 is 0 Å². The smallest absolute Gasteiger partial charge is 0.170 e. The van der Waals surface area contributed by atoms with Crippen molar-refractivity contribution in [3.05, 3.63) is 48.7 Å². The predicted octanol–water partition coefficient (Wildman–Crippen LogP) is 2.60. The highest BCUT2D eigenvalue weighted by Crippen LogP contribution is 2.31. The molecule has 0 aliphatic carbocycles. The first-order valence-electron chi connectivity index (χ1n) is 5.25. The first kappa shape index (κ1) is 11.0. The zero-order chi connectivity index (χ0) is 12.5. The average Bonchev–Trinajstić information content (AvgIpc) is 2.80. The Balaban J connectivity index is 2.10. The summed E-state index contributed by atoms with van der Waals surface area (Å²) in [6.07, 6.45) is 5.11. The van der Waals surface area contributed by atoms with Crippen LogP contribution in [0.15, 0.2) is 52.8 Å². The molecule has 0 radical (unpaired) electrons. The van der Waals surface area contributed by atoms with Crippen LogP contribution >= 0.6 is 11.8 Å². The third kappa shape index (κ3) is 1.91. The molecule has 0 atom stereocenters. The first-order chi connectivity index (χ1) is 8.74. The SMILES string of the molecule is Nc1cn2ccnc2c(Sc2ccccc2F)n1. The molecule has 0 saturated heterocycles. The molecule has 1 aromatic carbocycles. The monoisotopic (exact) mass is 260 g/mol. The zero-order valence-electron chi connectivity index (χ0n) is 9.25. The van der Waals surface area contributed by atoms with Crippen LogP contribution in [0.4, 0.5) is 10.2 Å². The van der Waals surface area contributed by atoms with Crippen LogP contribution in [0.2, 0.25) is 0 Å². The Bertz CT molecular complexity index is 710. The lowest BCUT2D eigenvalue weighted by molar-refractivity contribution is 0.602. The highest BCUT2D eigenvalue weighted by atomic mass is 32.2. The second-order valence-corrected chi connectivity index (χ2v) is 4.69. The van der Waals surface area contributed by atoms with Crippen LogP contribution in [0, 0.1) is 5.82 Å². The standard InChI is InChI=1S/C12H9FN4S/c13-8-3-1-2-4-9(8)18-12-11-15-5-6-17(11)7-10(14)16-12/h1-7H,14H2. The number of halogens is 1. The van der Waals surface area contributed by atoms with Gasteiger partial charge < -0.3 is 10.1 Å². The number of hydrogen-bond donors (Lipinski definition) is 1. The number of hydrogen-bond acceptors (Lipinski definition) is 4. The lowest BCUT2D eigenvalue weighted by Crippen LogP contribution is -1.97. The topological polar surface area (TPSA) is 56.2 Å². The van der Waals surface area contributed by atoms with E-state index in [1.54, 1.807) is 41.2 Å². The summed E-state index contributed by atoms with van der Waals surface area (Å²) in [6, 6.07) is 6.54. The number of anilines is 1. The second-order valence-electron chi connectivity index (χ2n) is 3.66. The summed E-state index contributed by atoms with van der Waals surface area (Å²) in [6.45, 7) is 0. The Morgan fingerprint density at radius 3 is 2.94 bits per heavy atom.